The van der Waals surface area contributed by atoms with E-state index in [1.807, 2.05) is 17.0 Å². The second-order valence-electron chi connectivity index (χ2n) is 5.62. The van der Waals surface area contributed by atoms with Gasteiger partial charge in [-0.05, 0) is 17.5 Å². The van der Waals surface area contributed by atoms with E-state index >= 15 is 0 Å². The van der Waals surface area contributed by atoms with Crippen LogP contribution in [0.4, 0.5) is 4.79 Å². The monoisotopic (exact) mass is 274 g/mol. The minimum atomic E-state index is 0.0785. The topological polar surface area (TPSA) is 32.3 Å². The van der Waals surface area contributed by atoms with Crippen LogP contribution in [0.25, 0.3) is 0 Å². The molecule has 1 N–H and O–H groups in total. The van der Waals surface area contributed by atoms with Crippen LogP contribution in [0.2, 0.25) is 0 Å². The first-order chi connectivity index (χ1) is 9.81. The van der Waals surface area contributed by atoms with E-state index in [1.165, 1.54) is 43.2 Å². The van der Waals surface area contributed by atoms with Crippen molar-refractivity contribution in [3.05, 3.63) is 35.4 Å². The van der Waals surface area contributed by atoms with Crippen molar-refractivity contribution in [2.75, 3.05) is 6.54 Å². The number of carbonyl (C=O) groups is 1. The van der Waals surface area contributed by atoms with E-state index in [2.05, 4.69) is 24.4 Å². The van der Waals surface area contributed by atoms with Crippen molar-refractivity contribution in [3.8, 4) is 0 Å². The molecule has 0 unspecified atom stereocenters. The molecule has 1 aliphatic rings. The number of urea groups is 1. The summed E-state index contributed by atoms with van der Waals surface area (Å²) in [6, 6.07) is 8.37. The van der Waals surface area contributed by atoms with Gasteiger partial charge >= 0.3 is 6.03 Å². The third kappa shape index (κ3) is 4.26. The maximum Gasteiger partial charge on any atom is 0.318 e. The average Bonchev–Trinajstić information content (AvgIpc) is 2.90. The molecule has 20 heavy (non-hydrogen) atoms. The molecule has 0 atom stereocenters. The molecule has 0 bridgehead atoms. The zero-order chi connectivity index (χ0) is 14.2. The first-order valence-corrected chi connectivity index (χ1v) is 7.91. The van der Waals surface area contributed by atoms with Gasteiger partial charge in [-0.15, -0.1) is 0 Å². The lowest BCUT2D eigenvalue weighted by Gasteiger charge is -2.16. The zero-order valence-electron chi connectivity index (χ0n) is 12.5. The highest BCUT2D eigenvalue weighted by atomic mass is 16.2. The Hall–Kier alpha value is -1.51. The van der Waals surface area contributed by atoms with Gasteiger partial charge in [-0.25, -0.2) is 4.79 Å². The zero-order valence-corrected chi connectivity index (χ0v) is 12.5. The average molecular weight is 274 g/mol. The summed E-state index contributed by atoms with van der Waals surface area (Å²) >= 11 is 0. The highest BCUT2D eigenvalue weighted by Crippen LogP contribution is 2.21. The van der Waals surface area contributed by atoms with Gasteiger partial charge in [0.15, 0.2) is 0 Å². The Morgan fingerprint density at radius 2 is 1.65 bits per heavy atom. The molecule has 1 aromatic rings. The van der Waals surface area contributed by atoms with Crippen LogP contribution in [-0.2, 0) is 13.1 Å². The molecule has 1 aliphatic heterocycles. The molecule has 0 saturated carbocycles. The minimum Gasteiger partial charge on any atom is -0.338 e. The molecule has 0 aliphatic carbocycles. The standard InChI is InChI=1S/C17H26N2O/c1-2-3-4-5-6-9-12-18-17(20)19-13-15-10-7-8-11-16(15)14-19/h7-8,10-11H,2-6,9,12-14H2,1H3,(H,18,20). The molecule has 1 aromatic carbocycles. The van der Waals surface area contributed by atoms with Crippen molar-refractivity contribution >= 4 is 6.03 Å². The summed E-state index contributed by atoms with van der Waals surface area (Å²) < 4.78 is 0. The Labute approximate surface area is 122 Å². The largest absolute Gasteiger partial charge is 0.338 e. The van der Waals surface area contributed by atoms with Crippen molar-refractivity contribution in [2.24, 2.45) is 0 Å². The molecule has 0 aromatic heterocycles. The van der Waals surface area contributed by atoms with E-state index in [-0.39, 0.29) is 6.03 Å². The van der Waals surface area contributed by atoms with Crippen LogP contribution in [0.1, 0.15) is 56.6 Å². The van der Waals surface area contributed by atoms with Crippen LogP contribution in [0, 0.1) is 0 Å². The quantitative estimate of drug-likeness (QED) is 0.747. The number of nitrogens with one attached hydrogen (secondary N) is 1. The van der Waals surface area contributed by atoms with Crippen LogP contribution in [-0.4, -0.2) is 17.5 Å². The fraction of sp³-hybridized carbons (Fsp3) is 0.588. The molecule has 2 amide bonds. The number of rotatable bonds is 7. The molecule has 1 heterocycles. The molecule has 110 valence electrons. The second kappa shape index (κ2) is 7.93. The fourth-order valence-electron chi connectivity index (χ4n) is 2.69. The summed E-state index contributed by atoms with van der Waals surface area (Å²) in [4.78, 5) is 14.0. The molecule has 2 rings (SSSR count). The van der Waals surface area contributed by atoms with Crippen molar-refractivity contribution in [2.45, 2.75) is 58.5 Å². The van der Waals surface area contributed by atoms with Gasteiger partial charge in [0.2, 0.25) is 0 Å². The van der Waals surface area contributed by atoms with Crippen molar-refractivity contribution in [1.29, 1.82) is 0 Å². The molecule has 0 radical (unpaired) electrons. The summed E-state index contributed by atoms with van der Waals surface area (Å²) in [6.07, 6.45) is 7.55. The highest BCUT2D eigenvalue weighted by molar-refractivity contribution is 5.75. The van der Waals surface area contributed by atoms with E-state index in [1.54, 1.807) is 0 Å². The Bertz CT molecular complexity index is 406. The summed E-state index contributed by atoms with van der Waals surface area (Å²) in [7, 11) is 0. The van der Waals surface area contributed by atoms with Crippen LogP contribution in [0.15, 0.2) is 24.3 Å². The van der Waals surface area contributed by atoms with Crippen LogP contribution >= 0.6 is 0 Å². The van der Waals surface area contributed by atoms with Gasteiger partial charge in [-0.1, -0.05) is 63.3 Å². The lowest BCUT2D eigenvalue weighted by Crippen LogP contribution is -2.36. The number of carbonyl (C=O) groups excluding carboxylic acids is 1. The lowest BCUT2D eigenvalue weighted by molar-refractivity contribution is 0.198. The van der Waals surface area contributed by atoms with Crippen LogP contribution in [0.5, 0.6) is 0 Å². The number of unbranched alkanes of at least 4 members (excludes halogenated alkanes) is 5. The normalized spacial score (nSPS) is 13.3. The fourth-order valence-corrected chi connectivity index (χ4v) is 2.69. The molecule has 3 heteroatoms. The number of benzene rings is 1. The van der Waals surface area contributed by atoms with Crippen LogP contribution in [0.3, 0.4) is 0 Å². The Morgan fingerprint density at radius 3 is 2.30 bits per heavy atom. The smallest absolute Gasteiger partial charge is 0.318 e. The van der Waals surface area contributed by atoms with Crippen LogP contribution < -0.4 is 5.32 Å². The van der Waals surface area contributed by atoms with Gasteiger partial charge in [0, 0.05) is 19.6 Å². The van der Waals surface area contributed by atoms with Gasteiger partial charge in [-0.3, -0.25) is 0 Å². The number of nitrogens with zero attached hydrogens (tertiary/aromatic N) is 1. The predicted octanol–water partition coefficient (Wildman–Crippen LogP) is 4.07. The van der Waals surface area contributed by atoms with E-state index in [4.69, 9.17) is 0 Å². The second-order valence-corrected chi connectivity index (χ2v) is 5.62. The molecular weight excluding hydrogens is 248 g/mol. The minimum absolute atomic E-state index is 0.0785. The Kier molecular flexibility index (Phi) is 5.90. The van der Waals surface area contributed by atoms with E-state index in [9.17, 15) is 4.79 Å². The number of fused-ring (bicyclic) bond motifs is 1. The molecular formula is C17H26N2O. The van der Waals surface area contributed by atoms with Crippen molar-refractivity contribution in [1.82, 2.24) is 10.2 Å². The number of hydrogen-bond acceptors (Lipinski definition) is 1. The first-order valence-electron chi connectivity index (χ1n) is 7.91. The highest BCUT2D eigenvalue weighted by Gasteiger charge is 2.22. The lowest BCUT2D eigenvalue weighted by atomic mass is 10.1. The van der Waals surface area contributed by atoms with Gasteiger partial charge in [0.25, 0.3) is 0 Å². The summed E-state index contributed by atoms with van der Waals surface area (Å²) in [6.45, 7) is 4.53. The third-order valence-electron chi connectivity index (χ3n) is 3.93. The Balaban J connectivity index is 1.60. The van der Waals surface area contributed by atoms with Crippen molar-refractivity contribution in [3.63, 3.8) is 0 Å². The third-order valence-corrected chi connectivity index (χ3v) is 3.93. The van der Waals surface area contributed by atoms with E-state index in [0.29, 0.717) is 0 Å². The summed E-state index contributed by atoms with van der Waals surface area (Å²) in [5, 5.41) is 3.04. The van der Waals surface area contributed by atoms with Gasteiger partial charge in [-0.2, -0.15) is 0 Å². The van der Waals surface area contributed by atoms with Crippen molar-refractivity contribution < 1.29 is 4.79 Å². The maximum absolute atomic E-state index is 12.1. The first kappa shape index (κ1) is 14.9. The predicted molar refractivity (Wildman–Crippen MR) is 82.5 cm³/mol. The maximum atomic E-state index is 12.1. The molecule has 0 spiro atoms. The Morgan fingerprint density at radius 1 is 1.05 bits per heavy atom. The molecule has 0 fully saturated rings. The SMILES string of the molecule is CCCCCCCCNC(=O)N1Cc2ccccc2C1. The number of amides is 2. The van der Waals surface area contributed by atoms with E-state index < -0.39 is 0 Å². The summed E-state index contributed by atoms with van der Waals surface area (Å²) in [5.74, 6) is 0. The van der Waals surface area contributed by atoms with Gasteiger partial charge < -0.3 is 10.2 Å². The molecule has 0 saturated heterocycles. The van der Waals surface area contributed by atoms with E-state index in [0.717, 1.165) is 26.1 Å². The molecule has 3 nitrogen and oxygen atoms in total. The van der Waals surface area contributed by atoms with Gasteiger partial charge in [0.1, 0.15) is 0 Å². The number of hydrogen-bond donors (Lipinski definition) is 1. The van der Waals surface area contributed by atoms with Gasteiger partial charge in [0.05, 0.1) is 0 Å². The summed E-state index contributed by atoms with van der Waals surface area (Å²) in [5.41, 5.74) is 2.56.